The smallest absolute Gasteiger partial charge is 0.128 e. The van der Waals surface area contributed by atoms with E-state index in [1.807, 2.05) is 60.7 Å². The van der Waals surface area contributed by atoms with Crippen molar-refractivity contribution in [2.75, 3.05) is 0 Å². The van der Waals surface area contributed by atoms with Crippen molar-refractivity contribution in [1.29, 1.82) is 0 Å². The van der Waals surface area contributed by atoms with Gasteiger partial charge in [0.1, 0.15) is 23.0 Å². The number of benzene rings is 6. The predicted molar refractivity (Wildman–Crippen MR) is 145 cm³/mol. The van der Waals surface area contributed by atoms with E-state index in [-0.39, 0.29) is 0 Å². The molecule has 6 aromatic carbocycles. The molecule has 0 heterocycles. The normalized spacial score (nSPS) is 11.0. The number of hydrogen-bond acceptors (Lipinski definition) is 3. The largest absolute Gasteiger partial charge is 0.457 e. The van der Waals surface area contributed by atoms with Crippen LogP contribution in [0, 0.1) is 0 Å². The van der Waals surface area contributed by atoms with Gasteiger partial charge in [-0.05, 0) is 94.3 Å². The minimum Gasteiger partial charge on any atom is -0.457 e. The Morgan fingerprint density at radius 2 is 0.714 bits per heavy atom. The first-order chi connectivity index (χ1) is 17.3. The van der Waals surface area contributed by atoms with Crippen molar-refractivity contribution in [3.63, 3.8) is 0 Å². The van der Waals surface area contributed by atoms with Crippen molar-refractivity contribution in [3.8, 4) is 23.0 Å². The molecule has 0 spiro atoms. The van der Waals surface area contributed by atoms with E-state index in [1.54, 1.807) is 11.8 Å². The van der Waals surface area contributed by atoms with Gasteiger partial charge in [-0.1, -0.05) is 72.4 Å². The molecule has 6 aromatic rings. The van der Waals surface area contributed by atoms with E-state index < -0.39 is 0 Å². The van der Waals surface area contributed by atoms with Gasteiger partial charge in [0.15, 0.2) is 0 Å². The molecule has 0 aromatic heterocycles. The molecule has 3 heteroatoms. The monoisotopic (exact) mass is 470 g/mol. The van der Waals surface area contributed by atoms with Crippen LogP contribution >= 0.6 is 11.8 Å². The van der Waals surface area contributed by atoms with E-state index in [0.717, 1.165) is 32.8 Å². The summed E-state index contributed by atoms with van der Waals surface area (Å²) >= 11 is 1.71. The summed E-state index contributed by atoms with van der Waals surface area (Å²) in [5.74, 6) is 3.32. The Labute approximate surface area is 208 Å². The van der Waals surface area contributed by atoms with E-state index in [9.17, 15) is 0 Å². The topological polar surface area (TPSA) is 18.5 Å². The molecule has 0 unspecified atom stereocenters. The van der Waals surface area contributed by atoms with Crippen LogP contribution in [0.3, 0.4) is 0 Å². The van der Waals surface area contributed by atoms with Gasteiger partial charge >= 0.3 is 0 Å². The second kappa shape index (κ2) is 9.57. The second-order valence-corrected chi connectivity index (χ2v) is 9.41. The van der Waals surface area contributed by atoms with Crippen molar-refractivity contribution in [1.82, 2.24) is 0 Å². The molecule has 0 atom stereocenters. The third-order valence-corrected chi connectivity index (χ3v) is 6.81. The number of fused-ring (bicyclic) bond motifs is 2. The molecule has 0 N–H and O–H groups in total. The highest BCUT2D eigenvalue weighted by Gasteiger charge is 2.04. The standard InChI is InChI=1S/C32H22O2S/c1-3-7-25-21-29(11-9-23(25)5-1)33-27-13-17-31(18-14-27)35-32-19-15-28(16-20-32)34-30-12-10-24-6-2-4-8-26(24)22-30/h1-22H. The molecular weight excluding hydrogens is 448 g/mol. The third kappa shape index (κ3) is 5.01. The van der Waals surface area contributed by atoms with Gasteiger partial charge < -0.3 is 9.47 Å². The Hall–Kier alpha value is -4.21. The van der Waals surface area contributed by atoms with Crippen LogP contribution in [0.5, 0.6) is 23.0 Å². The molecule has 0 aliphatic rings. The summed E-state index contributed by atoms with van der Waals surface area (Å²) < 4.78 is 12.1. The van der Waals surface area contributed by atoms with Crippen LogP contribution in [-0.4, -0.2) is 0 Å². The van der Waals surface area contributed by atoms with Crippen molar-refractivity contribution in [2.45, 2.75) is 9.79 Å². The van der Waals surface area contributed by atoms with Gasteiger partial charge in [0.2, 0.25) is 0 Å². The van der Waals surface area contributed by atoms with Gasteiger partial charge in [0, 0.05) is 9.79 Å². The summed E-state index contributed by atoms with van der Waals surface area (Å²) in [7, 11) is 0. The SMILES string of the molecule is c1ccc2cc(Oc3ccc(Sc4ccc(Oc5ccc6ccccc6c5)cc4)cc3)ccc2c1. The number of hydrogen-bond donors (Lipinski definition) is 0. The zero-order valence-electron chi connectivity index (χ0n) is 18.9. The summed E-state index contributed by atoms with van der Waals surface area (Å²) in [5, 5.41) is 4.76. The Morgan fingerprint density at radius 1 is 0.343 bits per heavy atom. The molecule has 0 radical (unpaired) electrons. The molecule has 0 fully saturated rings. The van der Waals surface area contributed by atoms with Crippen LogP contribution in [0.4, 0.5) is 0 Å². The molecule has 0 saturated carbocycles. The van der Waals surface area contributed by atoms with Crippen LogP contribution in [0.25, 0.3) is 21.5 Å². The summed E-state index contributed by atoms with van der Waals surface area (Å²) in [6, 6.07) is 45.3. The van der Waals surface area contributed by atoms with Crippen LogP contribution in [0.2, 0.25) is 0 Å². The van der Waals surface area contributed by atoms with Crippen LogP contribution in [0.15, 0.2) is 143 Å². The number of ether oxygens (including phenoxy) is 2. The Morgan fingerprint density at radius 3 is 1.14 bits per heavy atom. The first kappa shape index (κ1) is 21.3. The molecule has 0 saturated heterocycles. The Bertz CT molecular complexity index is 1480. The third-order valence-electron chi connectivity index (χ3n) is 5.80. The highest BCUT2D eigenvalue weighted by atomic mass is 32.2. The van der Waals surface area contributed by atoms with Crippen molar-refractivity contribution < 1.29 is 9.47 Å². The fraction of sp³-hybridized carbons (Fsp3) is 0. The van der Waals surface area contributed by atoms with E-state index in [1.165, 1.54) is 21.5 Å². The lowest BCUT2D eigenvalue weighted by atomic mass is 10.1. The molecule has 35 heavy (non-hydrogen) atoms. The zero-order chi connectivity index (χ0) is 23.5. The van der Waals surface area contributed by atoms with Crippen LogP contribution in [-0.2, 0) is 0 Å². The number of rotatable bonds is 6. The molecule has 6 rings (SSSR count). The average molecular weight is 471 g/mol. The van der Waals surface area contributed by atoms with Gasteiger partial charge in [-0.2, -0.15) is 0 Å². The first-order valence-electron chi connectivity index (χ1n) is 11.5. The molecule has 0 aliphatic carbocycles. The van der Waals surface area contributed by atoms with Crippen molar-refractivity contribution in [3.05, 3.63) is 133 Å². The van der Waals surface area contributed by atoms with Gasteiger partial charge in [-0.25, -0.2) is 0 Å². The first-order valence-corrected chi connectivity index (χ1v) is 12.3. The van der Waals surface area contributed by atoms with Crippen LogP contribution < -0.4 is 9.47 Å². The van der Waals surface area contributed by atoms with Crippen molar-refractivity contribution in [2.24, 2.45) is 0 Å². The maximum absolute atomic E-state index is 6.06. The minimum absolute atomic E-state index is 0.823. The minimum atomic E-state index is 0.823. The zero-order valence-corrected chi connectivity index (χ0v) is 19.7. The van der Waals surface area contributed by atoms with E-state index in [4.69, 9.17) is 9.47 Å². The Kier molecular flexibility index (Phi) is 5.83. The summed E-state index contributed by atoms with van der Waals surface area (Å²) in [4.78, 5) is 2.30. The highest BCUT2D eigenvalue weighted by molar-refractivity contribution is 7.99. The lowest BCUT2D eigenvalue weighted by molar-refractivity contribution is 0.483. The lowest BCUT2D eigenvalue weighted by Gasteiger charge is -2.09. The maximum Gasteiger partial charge on any atom is 0.128 e. The fourth-order valence-electron chi connectivity index (χ4n) is 4.02. The lowest BCUT2D eigenvalue weighted by Crippen LogP contribution is -1.85. The van der Waals surface area contributed by atoms with E-state index >= 15 is 0 Å². The quantitative estimate of drug-likeness (QED) is 0.241. The molecule has 168 valence electrons. The molecule has 0 bridgehead atoms. The molecule has 2 nitrogen and oxygen atoms in total. The summed E-state index contributed by atoms with van der Waals surface area (Å²) in [6.45, 7) is 0. The second-order valence-electron chi connectivity index (χ2n) is 8.27. The van der Waals surface area contributed by atoms with E-state index in [0.29, 0.717) is 0 Å². The molecule has 0 aliphatic heterocycles. The summed E-state index contributed by atoms with van der Waals surface area (Å²) in [5.41, 5.74) is 0. The molecular formula is C32H22O2S. The fourth-order valence-corrected chi connectivity index (χ4v) is 4.84. The van der Waals surface area contributed by atoms with E-state index in [2.05, 4.69) is 72.8 Å². The van der Waals surface area contributed by atoms with Crippen LogP contribution in [0.1, 0.15) is 0 Å². The summed E-state index contributed by atoms with van der Waals surface area (Å²) in [6.07, 6.45) is 0. The van der Waals surface area contributed by atoms with Gasteiger partial charge in [0.05, 0.1) is 0 Å². The van der Waals surface area contributed by atoms with Gasteiger partial charge in [-0.15, -0.1) is 0 Å². The van der Waals surface area contributed by atoms with Gasteiger partial charge in [0.25, 0.3) is 0 Å². The van der Waals surface area contributed by atoms with Crippen molar-refractivity contribution >= 4 is 33.3 Å². The average Bonchev–Trinajstić information content (AvgIpc) is 2.91. The predicted octanol–water partition coefficient (Wildman–Crippen LogP) is 9.73. The Balaban J connectivity index is 1.10. The molecule has 0 amide bonds. The maximum atomic E-state index is 6.06. The highest BCUT2D eigenvalue weighted by Crippen LogP contribution is 2.33. The van der Waals surface area contributed by atoms with Gasteiger partial charge in [-0.3, -0.25) is 0 Å².